The van der Waals surface area contributed by atoms with Crippen LogP contribution in [0.3, 0.4) is 0 Å². The van der Waals surface area contributed by atoms with Crippen molar-refractivity contribution >= 4 is 23.7 Å². The topological polar surface area (TPSA) is 169 Å². The minimum Gasteiger partial charge on any atom is -0.504 e. The summed E-state index contributed by atoms with van der Waals surface area (Å²) in [5, 5.41) is 38.2. The summed E-state index contributed by atoms with van der Waals surface area (Å²) in [6.45, 7) is 5.26. The fraction of sp³-hybridized carbons (Fsp3) is 0.487. The van der Waals surface area contributed by atoms with Gasteiger partial charge in [-0.05, 0) is 68.1 Å². The summed E-state index contributed by atoms with van der Waals surface area (Å²) in [5.74, 6) is 0.949. The van der Waals surface area contributed by atoms with Crippen molar-refractivity contribution < 1.29 is 53.3 Å². The zero-order chi connectivity index (χ0) is 38.0. The summed E-state index contributed by atoms with van der Waals surface area (Å²) < 4.78 is 35.9. The number of hydrogen-bond acceptors (Lipinski definition) is 15. The van der Waals surface area contributed by atoms with Crippen LogP contribution in [0.25, 0.3) is 0 Å². The molecule has 0 radical (unpaired) electrons. The molecular weight excluding hydrogens is 719 g/mol. The molecule has 0 aliphatic carbocycles. The minimum absolute atomic E-state index is 0.0226. The van der Waals surface area contributed by atoms with Crippen LogP contribution in [0, 0.1) is 13.8 Å². The Kier molecular flexibility index (Phi) is 8.21. The molecule has 7 heterocycles. The van der Waals surface area contributed by atoms with Crippen LogP contribution in [0.2, 0.25) is 0 Å². The molecule has 4 N–H and O–H groups in total. The number of likely N-dealkylation sites (N-methyl/N-ethyl adjacent to an activating group) is 1. The minimum atomic E-state index is -1.36. The van der Waals surface area contributed by atoms with Gasteiger partial charge in [0, 0.05) is 47.5 Å². The molecule has 7 aliphatic rings. The maximum atomic E-state index is 14.7. The number of phenols is 2. The smallest absolute Gasteiger partial charge is 0.331 e. The molecule has 4 bridgehead atoms. The highest BCUT2D eigenvalue weighted by Gasteiger charge is 2.61. The Labute approximate surface area is 316 Å². The Balaban J connectivity index is 1.32. The van der Waals surface area contributed by atoms with Crippen molar-refractivity contribution in [1.82, 2.24) is 15.1 Å². The van der Waals surface area contributed by atoms with Crippen molar-refractivity contribution in [2.75, 3.05) is 47.0 Å². The monoisotopic (exact) mass is 761 g/mol. The molecule has 15 heteroatoms. The average Bonchev–Trinajstić information content (AvgIpc) is 3.63. The second kappa shape index (κ2) is 12.6. The fourth-order valence-corrected chi connectivity index (χ4v) is 11.7. The number of aliphatic hydroxyl groups is 1. The van der Waals surface area contributed by atoms with E-state index in [1.165, 1.54) is 32.9 Å². The van der Waals surface area contributed by atoms with Gasteiger partial charge in [0.25, 0.3) is 0 Å². The summed E-state index contributed by atoms with van der Waals surface area (Å²) in [4.78, 5) is 31.7. The van der Waals surface area contributed by atoms with Gasteiger partial charge in [0.05, 0.1) is 37.6 Å². The first-order chi connectivity index (χ1) is 25.9. The molecule has 7 atom stereocenters. The first-order valence-corrected chi connectivity index (χ1v) is 19.1. The third-order valence-electron chi connectivity index (χ3n) is 12.3. The van der Waals surface area contributed by atoms with Gasteiger partial charge in [0.2, 0.25) is 6.79 Å². The van der Waals surface area contributed by atoms with Crippen molar-refractivity contribution in [1.29, 1.82) is 0 Å². The number of piperazine rings is 1. The van der Waals surface area contributed by atoms with E-state index in [2.05, 4.69) is 10.2 Å². The van der Waals surface area contributed by atoms with E-state index in [0.717, 1.165) is 16.7 Å². The number of carbonyl (C=O) groups is 2. The molecule has 2 unspecified atom stereocenters. The Morgan fingerprint density at radius 3 is 2.54 bits per heavy atom. The van der Waals surface area contributed by atoms with Crippen LogP contribution >= 0.6 is 11.8 Å². The van der Waals surface area contributed by atoms with Crippen LogP contribution in [0.1, 0.15) is 68.8 Å². The Morgan fingerprint density at radius 2 is 1.80 bits per heavy atom. The number of esters is 2. The average molecular weight is 762 g/mol. The predicted molar refractivity (Wildman–Crippen MR) is 195 cm³/mol. The number of phenolic OH excluding ortho intramolecular Hbond substituents is 2. The van der Waals surface area contributed by atoms with Crippen LogP contribution in [0.4, 0.5) is 0 Å². The molecule has 3 aromatic carbocycles. The Bertz CT molecular complexity index is 2130. The number of methoxy groups -OCH3 is 2. The lowest BCUT2D eigenvalue weighted by atomic mass is 9.73. The lowest BCUT2D eigenvalue weighted by Gasteiger charge is -2.62. The van der Waals surface area contributed by atoms with Gasteiger partial charge in [0.1, 0.15) is 18.6 Å². The van der Waals surface area contributed by atoms with Gasteiger partial charge in [-0.1, -0.05) is 6.07 Å². The largest absolute Gasteiger partial charge is 0.504 e. The lowest BCUT2D eigenvalue weighted by molar-refractivity contribution is -0.186. The highest BCUT2D eigenvalue weighted by Crippen LogP contribution is 2.64. The highest BCUT2D eigenvalue weighted by atomic mass is 32.2. The maximum Gasteiger partial charge on any atom is 0.331 e. The van der Waals surface area contributed by atoms with Gasteiger partial charge in [-0.25, -0.2) is 4.79 Å². The van der Waals surface area contributed by atoms with E-state index in [9.17, 15) is 24.9 Å². The molecule has 0 saturated carbocycles. The third kappa shape index (κ3) is 4.74. The third-order valence-corrected chi connectivity index (χ3v) is 13.7. The van der Waals surface area contributed by atoms with E-state index < -0.39 is 47.1 Å². The van der Waals surface area contributed by atoms with E-state index in [4.69, 9.17) is 28.4 Å². The van der Waals surface area contributed by atoms with Crippen LogP contribution < -0.4 is 29.0 Å². The van der Waals surface area contributed by atoms with Crippen LogP contribution in [0.5, 0.6) is 40.2 Å². The molecule has 2 saturated heterocycles. The Hall–Kier alpha value is -4.41. The molecule has 10 rings (SSSR count). The van der Waals surface area contributed by atoms with Crippen LogP contribution in [0.15, 0.2) is 18.2 Å². The number of hydrogen-bond donors (Lipinski definition) is 4. The van der Waals surface area contributed by atoms with E-state index in [0.29, 0.717) is 70.2 Å². The molecule has 0 aromatic heterocycles. The number of aryl methyl sites for hydroxylation is 1. The summed E-state index contributed by atoms with van der Waals surface area (Å²) in [6.07, 6.45) is -0.0282. The number of aliphatic hydroxyl groups excluding tert-OH is 1. The number of nitrogens with one attached hydrogen (secondary N) is 1. The van der Waals surface area contributed by atoms with Gasteiger partial charge in [-0.15, -0.1) is 11.8 Å². The number of carbonyl (C=O) groups excluding carboxylic acids is 2. The quantitative estimate of drug-likeness (QED) is 0.226. The van der Waals surface area contributed by atoms with E-state index in [1.807, 2.05) is 31.9 Å². The highest BCUT2D eigenvalue weighted by molar-refractivity contribution is 7.99. The fourth-order valence-electron chi connectivity index (χ4n) is 10.00. The molecule has 3 aromatic rings. The van der Waals surface area contributed by atoms with Crippen molar-refractivity contribution in [2.45, 2.75) is 74.8 Å². The number of ether oxygens (including phenoxy) is 6. The van der Waals surface area contributed by atoms with Crippen LogP contribution in [-0.2, 0) is 32.7 Å². The van der Waals surface area contributed by atoms with E-state index >= 15 is 0 Å². The molecule has 286 valence electrons. The number of aromatic hydroxyl groups is 2. The first kappa shape index (κ1) is 35.3. The summed E-state index contributed by atoms with van der Waals surface area (Å²) in [6, 6.07) is 3.13. The van der Waals surface area contributed by atoms with Crippen molar-refractivity contribution in [3.05, 3.63) is 62.7 Å². The lowest BCUT2D eigenvalue weighted by Crippen LogP contribution is -2.70. The second-order valence-electron chi connectivity index (χ2n) is 14.9. The number of benzene rings is 3. The van der Waals surface area contributed by atoms with Crippen molar-refractivity contribution in [2.24, 2.45) is 0 Å². The molecule has 54 heavy (non-hydrogen) atoms. The Morgan fingerprint density at radius 1 is 1.02 bits per heavy atom. The summed E-state index contributed by atoms with van der Waals surface area (Å²) in [7, 11) is 4.96. The molecule has 1 spiro atoms. The molecular formula is C39H43N3O11S. The number of rotatable bonds is 3. The number of thioether (sulfide) groups is 1. The normalized spacial score (nSPS) is 29.4. The molecule has 14 nitrogen and oxygen atoms in total. The molecule has 2 fully saturated rings. The summed E-state index contributed by atoms with van der Waals surface area (Å²) >= 11 is 1.47. The standard InChI is InChI=1S/C39H43N3O11S/c1-16-9-20-10-22-37(46)42-23-13-50-38(47)39(21-12-25(48-5)24(44)11-19(21)7-8-40-39)14-54-36(30(42)29(41(22)4)26(20)31(45)32(16)49-6)28-27(23)35-34(51-15-52-35)17(2)33(28)53-18(3)43/h9,11-12,22-23,29-30,36-37,40,44-46H,7-8,10,13-15H2,1-6H3/t22-,23+,29+,30-,36?,37+,39?/m1/s1. The first-order valence-electron chi connectivity index (χ1n) is 18.1. The second-order valence-corrected chi connectivity index (χ2v) is 16.1. The van der Waals surface area contributed by atoms with E-state index in [1.54, 1.807) is 12.1 Å². The molecule has 7 aliphatic heterocycles. The van der Waals surface area contributed by atoms with Crippen LogP contribution in [-0.4, -0.2) is 102 Å². The van der Waals surface area contributed by atoms with Gasteiger partial charge >= 0.3 is 11.9 Å². The van der Waals surface area contributed by atoms with Crippen molar-refractivity contribution in [3.63, 3.8) is 0 Å². The maximum absolute atomic E-state index is 14.7. The van der Waals surface area contributed by atoms with Gasteiger partial charge in [-0.3, -0.25) is 19.9 Å². The SMILES string of the molecule is COc1cc2c(cc1O)CCNC21CSC2c3c(OC(C)=O)c(C)c4c(c3[C@H](COC1=O)N1[C@@H](O)[C@H]3Cc5cc(C)c(OC)c(O)c5[C@@H]([C@H]21)N3C)OCO4. The van der Waals surface area contributed by atoms with Gasteiger partial charge in [-0.2, -0.15) is 0 Å². The van der Waals surface area contributed by atoms with Crippen molar-refractivity contribution in [3.8, 4) is 40.2 Å². The summed E-state index contributed by atoms with van der Waals surface area (Å²) in [5.41, 5.74) is 4.36. The molecule has 0 amide bonds. The number of fused-ring (bicyclic) bond motifs is 9. The van der Waals surface area contributed by atoms with E-state index in [-0.39, 0.29) is 42.4 Å². The zero-order valence-electron chi connectivity index (χ0n) is 30.8. The predicted octanol–water partition coefficient (Wildman–Crippen LogP) is 3.41. The number of nitrogens with zero attached hydrogens (tertiary/aromatic N) is 2. The zero-order valence-corrected chi connectivity index (χ0v) is 31.7. The van der Waals surface area contributed by atoms with Gasteiger partial charge in [0.15, 0.2) is 40.0 Å². The van der Waals surface area contributed by atoms with Gasteiger partial charge < -0.3 is 43.7 Å².